The highest BCUT2D eigenvalue weighted by Crippen LogP contribution is 2.30. The van der Waals surface area contributed by atoms with E-state index in [1.54, 1.807) is 4.72 Å². The van der Waals surface area contributed by atoms with Crippen LogP contribution in [0.3, 0.4) is 0 Å². The van der Waals surface area contributed by atoms with Gasteiger partial charge in [-0.15, -0.1) is 0 Å². The van der Waals surface area contributed by atoms with Gasteiger partial charge in [-0.1, -0.05) is 11.6 Å². The molecule has 0 bridgehead atoms. The zero-order valence-corrected chi connectivity index (χ0v) is 15.9. The lowest BCUT2D eigenvalue weighted by Gasteiger charge is -2.27. The van der Waals surface area contributed by atoms with Gasteiger partial charge in [0.05, 0.1) is 18.4 Å². The van der Waals surface area contributed by atoms with Gasteiger partial charge < -0.3 is 5.32 Å². The Kier molecular flexibility index (Phi) is 5.09. The summed E-state index contributed by atoms with van der Waals surface area (Å²) in [5.74, 6) is -2.28. The molecule has 0 saturated carbocycles. The number of nitrogens with one attached hydrogen (secondary N) is 2. The summed E-state index contributed by atoms with van der Waals surface area (Å²) in [5, 5.41) is 2.52. The number of imide groups is 1. The first-order valence-electron chi connectivity index (χ1n) is 7.79. The average molecular weight is 426 g/mol. The molecular formula is C17H13ClFN3O5S. The van der Waals surface area contributed by atoms with Gasteiger partial charge in [0, 0.05) is 16.3 Å². The molecule has 28 heavy (non-hydrogen) atoms. The fraction of sp³-hybridized carbons (Fsp3) is 0.118. The van der Waals surface area contributed by atoms with Crippen molar-refractivity contribution < 1.29 is 27.2 Å². The van der Waals surface area contributed by atoms with Gasteiger partial charge in [-0.05, 0) is 42.0 Å². The third-order valence-corrected chi connectivity index (χ3v) is 4.61. The predicted molar refractivity (Wildman–Crippen MR) is 100 cm³/mol. The number of urea groups is 1. The van der Waals surface area contributed by atoms with Crippen molar-refractivity contribution >= 4 is 50.8 Å². The Morgan fingerprint density at radius 3 is 2.54 bits per heavy atom. The van der Waals surface area contributed by atoms with E-state index in [9.17, 15) is 27.2 Å². The van der Waals surface area contributed by atoms with Crippen LogP contribution in [0.2, 0.25) is 5.02 Å². The maximum atomic E-state index is 14.6. The SMILES string of the molecule is CS(=O)(=O)NC(=O)Nc1ccc(N2C(=O)Cc3cc(Cl)ccc3C2=O)c(F)c1. The van der Waals surface area contributed by atoms with E-state index in [1.165, 1.54) is 24.3 Å². The standard InChI is InChI=1S/C17H13ClFN3O5S/c1-28(26,27)21-17(25)20-11-3-5-14(13(19)8-11)22-15(23)7-9-6-10(18)2-4-12(9)16(22)24/h2-6,8H,7H2,1H3,(H2,20,21,25). The van der Waals surface area contributed by atoms with Crippen LogP contribution < -0.4 is 14.9 Å². The van der Waals surface area contributed by atoms with E-state index < -0.39 is 33.7 Å². The molecule has 4 amide bonds. The number of carbonyl (C=O) groups is 3. The molecule has 0 atom stereocenters. The topological polar surface area (TPSA) is 113 Å². The molecular weight excluding hydrogens is 413 g/mol. The maximum Gasteiger partial charge on any atom is 0.332 e. The third-order valence-electron chi connectivity index (χ3n) is 3.82. The Morgan fingerprint density at radius 2 is 1.89 bits per heavy atom. The molecule has 1 aliphatic rings. The molecule has 2 aromatic rings. The number of halogens is 2. The molecule has 0 fully saturated rings. The number of hydrogen-bond acceptors (Lipinski definition) is 5. The second-order valence-corrected chi connectivity index (χ2v) is 8.19. The van der Waals surface area contributed by atoms with E-state index >= 15 is 0 Å². The molecule has 11 heteroatoms. The van der Waals surface area contributed by atoms with Gasteiger partial charge in [-0.25, -0.2) is 27.2 Å². The fourth-order valence-corrected chi connectivity index (χ4v) is 3.31. The number of anilines is 2. The van der Waals surface area contributed by atoms with Gasteiger partial charge in [0.1, 0.15) is 5.82 Å². The van der Waals surface area contributed by atoms with Crippen LogP contribution in [-0.4, -0.2) is 32.5 Å². The van der Waals surface area contributed by atoms with Crippen molar-refractivity contribution in [3.8, 4) is 0 Å². The van der Waals surface area contributed by atoms with E-state index in [-0.39, 0.29) is 23.4 Å². The predicted octanol–water partition coefficient (Wildman–Crippen LogP) is 2.29. The molecule has 8 nitrogen and oxygen atoms in total. The summed E-state index contributed by atoms with van der Waals surface area (Å²) in [5.41, 5.74) is 0.337. The third kappa shape index (κ3) is 4.12. The van der Waals surface area contributed by atoms with Gasteiger partial charge in [0.2, 0.25) is 15.9 Å². The Hall–Kier alpha value is -2.98. The Bertz CT molecular complexity index is 1120. The van der Waals surface area contributed by atoms with Crippen molar-refractivity contribution in [1.82, 2.24) is 4.72 Å². The number of fused-ring (bicyclic) bond motifs is 1. The van der Waals surface area contributed by atoms with E-state index in [0.717, 1.165) is 18.4 Å². The monoisotopic (exact) mass is 425 g/mol. The van der Waals surface area contributed by atoms with E-state index in [2.05, 4.69) is 5.32 Å². The molecule has 0 radical (unpaired) electrons. The van der Waals surface area contributed by atoms with Crippen molar-refractivity contribution in [2.75, 3.05) is 16.5 Å². The quantitative estimate of drug-likeness (QED) is 0.732. The van der Waals surface area contributed by atoms with Gasteiger partial charge >= 0.3 is 6.03 Å². The van der Waals surface area contributed by atoms with Crippen LogP contribution in [0.15, 0.2) is 36.4 Å². The average Bonchev–Trinajstić information content (AvgIpc) is 2.54. The Morgan fingerprint density at radius 1 is 1.18 bits per heavy atom. The minimum atomic E-state index is -3.79. The molecule has 0 spiro atoms. The number of amides is 4. The first kappa shape index (κ1) is 19.8. The molecule has 0 unspecified atom stereocenters. The van der Waals surface area contributed by atoms with Crippen LogP contribution in [0.25, 0.3) is 0 Å². The summed E-state index contributed by atoms with van der Waals surface area (Å²) in [6, 6.07) is 6.63. The molecule has 0 aromatic heterocycles. The van der Waals surface area contributed by atoms with Crippen LogP contribution in [0, 0.1) is 5.82 Å². The minimum Gasteiger partial charge on any atom is -0.307 e. The highest BCUT2D eigenvalue weighted by Gasteiger charge is 2.33. The normalized spacial score (nSPS) is 13.9. The summed E-state index contributed by atoms with van der Waals surface area (Å²) in [6.07, 6.45) is 0.659. The van der Waals surface area contributed by atoms with Crippen molar-refractivity contribution in [2.24, 2.45) is 0 Å². The smallest absolute Gasteiger partial charge is 0.307 e. The molecule has 3 rings (SSSR count). The zero-order chi connectivity index (χ0) is 20.6. The summed E-state index contributed by atoms with van der Waals surface area (Å²) in [4.78, 5) is 37.3. The summed E-state index contributed by atoms with van der Waals surface area (Å²) >= 11 is 5.88. The lowest BCUT2D eigenvalue weighted by molar-refractivity contribution is -0.117. The first-order valence-corrected chi connectivity index (χ1v) is 10.1. The maximum absolute atomic E-state index is 14.6. The first-order chi connectivity index (χ1) is 13.0. The molecule has 0 saturated heterocycles. The summed E-state index contributed by atoms with van der Waals surface area (Å²) < 4.78 is 38.3. The van der Waals surface area contributed by atoms with Gasteiger partial charge in [-0.2, -0.15) is 0 Å². The van der Waals surface area contributed by atoms with E-state index in [0.29, 0.717) is 15.5 Å². The number of nitrogens with zero attached hydrogens (tertiary/aromatic N) is 1. The number of rotatable bonds is 3. The van der Waals surface area contributed by atoms with Crippen LogP contribution in [0.5, 0.6) is 0 Å². The second-order valence-electron chi connectivity index (χ2n) is 6.01. The van der Waals surface area contributed by atoms with Crippen LogP contribution in [0.1, 0.15) is 15.9 Å². The number of sulfonamides is 1. The zero-order valence-electron chi connectivity index (χ0n) is 14.3. The lowest BCUT2D eigenvalue weighted by atomic mass is 9.98. The molecule has 1 aliphatic heterocycles. The minimum absolute atomic E-state index is 0.0634. The molecule has 1 heterocycles. The summed E-state index contributed by atoms with van der Waals surface area (Å²) in [7, 11) is -3.79. The molecule has 2 aromatic carbocycles. The van der Waals surface area contributed by atoms with E-state index in [1.807, 2.05) is 0 Å². The van der Waals surface area contributed by atoms with Crippen LogP contribution >= 0.6 is 11.6 Å². The van der Waals surface area contributed by atoms with Crippen molar-refractivity contribution in [3.05, 3.63) is 58.4 Å². The number of carbonyl (C=O) groups excluding carboxylic acids is 3. The molecule has 146 valence electrons. The van der Waals surface area contributed by atoms with E-state index in [4.69, 9.17) is 11.6 Å². The largest absolute Gasteiger partial charge is 0.332 e. The van der Waals surface area contributed by atoms with Gasteiger partial charge in [0.15, 0.2) is 0 Å². The second kappa shape index (κ2) is 7.21. The highest BCUT2D eigenvalue weighted by molar-refractivity contribution is 7.89. The number of hydrogen-bond donors (Lipinski definition) is 2. The fourth-order valence-electron chi connectivity index (χ4n) is 2.73. The lowest BCUT2D eigenvalue weighted by Crippen LogP contribution is -2.43. The highest BCUT2D eigenvalue weighted by atomic mass is 35.5. The van der Waals surface area contributed by atoms with Crippen molar-refractivity contribution in [3.63, 3.8) is 0 Å². The Labute approximate surface area is 164 Å². The molecule has 0 aliphatic carbocycles. The molecule has 2 N–H and O–H groups in total. The van der Waals surface area contributed by atoms with Crippen molar-refractivity contribution in [2.45, 2.75) is 6.42 Å². The van der Waals surface area contributed by atoms with Crippen molar-refractivity contribution in [1.29, 1.82) is 0 Å². The number of benzene rings is 2. The van der Waals surface area contributed by atoms with Gasteiger partial charge in [-0.3, -0.25) is 9.59 Å². The summed E-state index contributed by atoms with van der Waals surface area (Å²) in [6.45, 7) is 0. The Balaban J connectivity index is 1.88. The van der Waals surface area contributed by atoms with Crippen LogP contribution in [0.4, 0.5) is 20.6 Å². The van der Waals surface area contributed by atoms with Crippen LogP contribution in [-0.2, 0) is 21.2 Å². The van der Waals surface area contributed by atoms with Gasteiger partial charge in [0.25, 0.3) is 5.91 Å².